The van der Waals surface area contributed by atoms with E-state index in [2.05, 4.69) is 15.5 Å². The minimum Gasteiger partial charge on any atom is -0.461 e. The third-order valence-electron chi connectivity index (χ3n) is 3.87. The summed E-state index contributed by atoms with van der Waals surface area (Å²) in [6.45, 7) is 0. The summed E-state index contributed by atoms with van der Waals surface area (Å²) in [5.74, 6) is 1.04. The molecule has 1 amide bonds. The topological polar surface area (TPSA) is 81.2 Å². The van der Waals surface area contributed by atoms with E-state index >= 15 is 0 Å². The first-order valence-corrected chi connectivity index (χ1v) is 7.00. The van der Waals surface area contributed by atoms with Gasteiger partial charge < -0.3 is 14.3 Å². The molecule has 0 aromatic carbocycles. The second-order valence-electron chi connectivity index (χ2n) is 5.33. The molecule has 6 heteroatoms. The second-order valence-corrected chi connectivity index (χ2v) is 5.33. The number of rotatable bonds is 4. The molecular weight excluding hydrogens is 282 g/mol. The lowest BCUT2D eigenvalue weighted by Gasteiger charge is -2.11. The average Bonchev–Trinajstić information content (AvgIpc) is 2.98. The van der Waals surface area contributed by atoms with Gasteiger partial charge in [-0.05, 0) is 37.1 Å². The summed E-state index contributed by atoms with van der Waals surface area (Å²) in [6, 6.07) is 8.92. The predicted octanol–water partition coefficient (Wildman–Crippen LogP) is 3.00. The largest absolute Gasteiger partial charge is 0.461 e. The van der Waals surface area contributed by atoms with Crippen molar-refractivity contribution in [3.8, 4) is 11.5 Å². The fourth-order valence-electron chi connectivity index (χ4n) is 2.45. The predicted molar refractivity (Wildman–Crippen MR) is 78.0 cm³/mol. The van der Waals surface area contributed by atoms with Crippen LogP contribution >= 0.6 is 0 Å². The molecule has 1 aliphatic carbocycles. The summed E-state index contributed by atoms with van der Waals surface area (Å²) < 4.78 is 10.6. The van der Waals surface area contributed by atoms with Crippen LogP contribution in [0.25, 0.3) is 11.5 Å². The van der Waals surface area contributed by atoms with Crippen LogP contribution in [0.2, 0.25) is 0 Å². The molecule has 1 aliphatic rings. The number of amides is 1. The van der Waals surface area contributed by atoms with Gasteiger partial charge in [0.1, 0.15) is 0 Å². The number of anilines is 1. The Bertz CT molecular complexity index is 789. The molecule has 3 heterocycles. The third kappa shape index (κ3) is 2.09. The van der Waals surface area contributed by atoms with Crippen molar-refractivity contribution in [2.24, 2.45) is 0 Å². The monoisotopic (exact) mass is 295 g/mol. The number of nitrogens with one attached hydrogen (secondary N) is 1. The van der Waals surface area contributed by atoms with Gasteiger partial charge >= 0.3 is 0 Å². The molecule has 22 heavy (non-hydrogen) atoms. The lowest BCUT2D eigenvalue weighted by Crippen LogP contribution is -2.28. The molecule has 3 aromatic heterocycles. The van der Waals surface area contributed by atoms with Gasteiger partial charge in [-0.1, -0.05) is 5.16 Å². The highest BCUT2D eigenvalue weighted by Gasteiger charge is 2.54. The van der Waals surface area contributed by atoms with Gasteiger partial charge in [-0.15, -0.1) is 0 Å². The maximum Gasteiger partial charge on any atom is 0.236 e. The smallest absolute Gasteiger partial charge is 0.236 e. The lowest BCUT2D eigenvalue weighted by molar-refractivity contribution is -0.118. The second kappa shape index (κ2) is 4.84. The number of hydrogen-bond donors (Lipinski definition) is 1. The van der Waals surface area contributed by atoms with E-state index in [9.17, 15) is 4.79 Å². The molecule has 0 bridgehead atoms. The van der Waals surface area contributed by atoms with Gasteiger partial charge in [0.15, 0.2) is 5.76 Å². The van der Waals surface area contributed by atoms with Gasteiger partial charge in [0, 0.05) is 12.3 Å². The summed E-state index contributed by atoms with van der Waals surface area (Å²) >= 11 is 0. The Labute approximate surface area is 126 Å². The Morgan fingerprint density at radius 1 is 1.23 bits per heavy atom. The zero-order chi connectivity index (χ0) is 15.0. The van der Waals surface area contributed by atoms with Crippen LogP contribution in [0.5, 0.6) is 0 Å². The zero-order valence-electron chi connectivity index (χ0n) is 11.7. The fourth-order valence-corrected chi connectivity index (χ4v) is 2.45. The molecule has 0 radical (unpaired) electrons. The van der Waals surface area contributed by atoms with Crippen molar-refractivity contribution in [1.29, 1.82) is 0 Å². The highest BCUT2D eigenvalue weighted by atomic mass is 16.5. The number of nitrogens with zero attached hydrogens (tertiary/aromatic N) is 2. The van der Waals surface area contributed by atoms with Crippen molar-refractivity contribution in [3.63, 3.8) is 0 Å². The number of furan rings is 1. The molecule has 0 spiro atoms. The van der Waals surface area contributed by atoms with Gasteiger partial charge in [0.25, 0.3) is 0 Å². The Kier molecular flexibility index (Phi) is 2.82. The van der Waals surface area contributed by atoms with Crippen molar-refractivity contribution in [3.05, 3.63) is 54.7 Å². The van der Waals surface area contributed by atoms with Crippen LogP contribution < -0.4 is 5.32 Å². The van der Waals surface area contributed by atoms with Crippen LogP contribution in [-0.4, -0.2) is 16.0 Å². The molecule has 3 aromatic rings. The number of pyridine rings is 1. The maximum atomic E-state index is 12.5. The van der Waals surface area contributed by atoms with Crippen LogP contribution in [0.3, 0.4) is 0 Å². The first-order chi connectivity index (χ1) is 10.8. The number of hydrogen-bond acceptors (Lipinski definition) is 5. The van der Waals surface area contributed by atoms with E-state index in [0.29, 0.717) is 22.9 Å². The molecule has 4 rings (SSSR count). The number of carbonyl (C=O) groups excluding carboxylic acids is 1. The Morgan fingerprint density at radius 2 is 2.14 bits per heavy atom. The molecule has 6 nitrogen and oxygen atoms in total. The standard InChI is InChI=1S/C16H13N3O3/c20-15(18-11-3-1-7-17-10-11)16(5-6-16)14-9-13(22-19-14)12-4-2-8-21-12/h1-4,7-10H,5-6H2,(H,18,20). The van der Waals surface area contributed by atoms with E-state index in [4.69, 9.17) is 8.94 Å². The van der Waals surface area contributed by atoms with Gasteiger partial charge in [0.05, 0.1) is 29.3 Å². The molecule has 0 atom stereocenters. The Balaban J connectivity index is 1.58. The molecule has 110 valence electrons. The third-order valence-corrected chi connectivity index (χ3v) is 3.87. The Hall–Kier alpha value is -2.89. The van der Waals surface area contributed by atoms with Crippen LogP contribution in [0.4, 0.5) is 5.69 Å². The van der Waals surface area contributed by atoms with Crippen molar-refractivity contribution in [1.82, 2.24) is 10.1 Å². The van der Waals surface area contributed by atoms with E-state index in [0.717, 1.165) is 12.8 Å². The average molecular weight is 295 g/mol. The molecule has 1 saturated carbocycles. The summed E-state index contributed by atoms with van der Waals surface area (Å²) in [5, 5.41) is 6.94. The number of aromatic nitrogens is 2. The van der Waals surface area contributed by atoms with E-state index in [1.165, 1.54) is 0 Å². The molecule has 1 N–H and O–H groups in total. The van der Waals surface area contributed by atoms with Gasteiger partial charge in [0.2, 0.25) is 11.7 Å². The SMILES string of the molecule is O=C(Nc1cccnc1)C1(c2cc(-c3ccco3)on2)CC1. The highest BCUT2D eigenvalue weighted by Crippen LogP contribution is 2.49. The van der Waals surface area contributed by atoms with Crippen LogP contribution in [0.15, 0.2) is 57.9 Å². The van der Waals surface area contributed by atoms with Gasteiger partial charge in [-0.3, -0.25) is 9.78 Å². The van der Waals surface area contributed by atoms with E-state index in [1.54, 1.807) is 49.0 Å². The summed E-state index contributed by atoms with van der Waals surface area (Å²) in [4.78, 5) is 16.5. The summed E-state index contributed by atoms with van der Waals surface area (Å²) in [6.07, 6.45) is 6.35. The lowest BCUT2D eigenvalue weighted by atomic mass is 10.0. The highest BCUT2D eigenvalue weighted by molar-refractivity contribution is 6.01. The first-order valence-electron chi connectivity index (χ1n) is 7.00. The van der Waals surface area contributed by atoms with Crippen LogP contribution in [-0.2, 0) is 10.2 Å². The fraction of sp³-hybridized carbons (Fsp3) is 0.188. The van der Waals surface area contributed by atoms with E-state index in [1.807, 2.05) is 0 Å². The van der Waals surface area contributed by atoms with Crippen LogP contribution in [0.1, 0.15) is 18.5 Å². The minimum atomic E-state index is -0.607. The summed E-state index contributed by atoms with van der Waals surface area (Å²) in [5.41, 5.74) is 0.707. The molecule has 0 aliphatic heterocycles. The molecule has 0 unspecified atom stereocenters. The van der Waals surface area contributed by atoms with Crippen molar-refractivity contribution >= 4 is 11.6 Å². The Morgan fingerprint density at radius 3 is 2.82 bits per heavy atom. The number of carbonyl (C=O) groups is 1. The summed E-state index contributed by atoms with van der Waals surface area (Å²) in [7, 11) is 0. The normalized spacial score (nSPS) is 15.5. The van der Waals surface area contributed by atoms with Crippen LogP contribution in [0, 0.1) is 0 Å². The maximum absolute atomic E-state index is 12.5. The van der Waals surface area contributed by atoms with E-state index < -0.39 is 5.41 Å². The van der Waals surface area contributed by atoms with Crippen molar-refractivity contribution in [2.75, 3.05) is 5.32 Å². The molecule has 1 fully saturated rings. The van der Waals surface area contributed by atoms with Crippen molar-refractivity contribution < 1.29 is 13.7 Å². The quantitative estimate of drug-likeness (QED) is 0.800. The van der Waals surface area contributed by atoms with E-state index in [-0.39, 0.29) is 5.91 Å². The molecular formula is C16H13N3O3. The van der Waals surface area contributed by atoms with Gasteiger partial charge in [-0.25, -0.2) is 0 Å². The van der Waals surface area contributed by atoms with Crippen molar-refractivity contribution in [2.45, 2.75) is 18.3 Å². The first kappa shape index (κ1) is 12.8. The van der Waals surface area contributed by atoms with Gasteiger partial charge in [-0.2, -0.15) is 0 Å². The molecule has 0 saturated heterocycles. The minimum absolute atomic E-state index is 0.0835. The zero-order valence-corrected chi connectivity index (χ0v) is 11.7.